The molecule has 0 radical (unpaired) electrons. The first-order valence-electron chi connectivity index (χ1n) is 28.0. The molecule has 7 heteroatoms. The van der Waals surface area contributed by atoms with Crippen LogP contribution in [0.5, 0.6) is 0 Å². The highest BCUT2D eigenvalue weighted by Gasteiger charge is 2.25. The normalized spacial score (nSPS) is 14.4. The summed E-state index contributed by atoms with van der Waals surface area (Å²) in [6.07, 6.45) is 16.2. The average Bonchev–Trinajstić information content (AvgIpc) is 4.18. The first-order chi connectivity index (χ1) is 40.7. The van der Waals surface area contributed by atoms with Gasteiger partial charge in [-0.3, -0.25) is 4.98 Å². The van der Waals surface area contributed by atoms with Gasteiger partial charge in [-0.2, -0.15) is 0 Å². The number of rotatable bonds is 8. The standard InChI is InChI=1S/C75H49IN6/c1-2-19-48(20-3-1)62-32-17-33-63(77-62)49-21-14-23-51(45-49)79-68-38-10-6-29-59(68)72-70(79)42-40-58-56-28-5-9-37-67(56)82(75(58)72)54-26-16-25-53(47-54)80-69-39-11-7-30-60(69)73-71(80)43-41-57-55-27-4-8-36-66(55)81(74(57)73)52-24-15-22-50(46-52)64-34-18-35-65(78-64)61-31-12-13-44-76-61/h1-19,21-48H,20H2. The molecule has 6 nitrogen and oxygen atoms in total. The van der Waals surface area contributed by atoms with Gasteiger partial charge in [-0.25, -0.2) is 4.98 Å². The molecule has 386 valence electrons. The summed E-state index contributed by atoms with van der Waals surface area (Å²) in [5.74, 6) is 0.275. The smallest absolute Gasteiger partial charge is 0.0766 e. The van der Waals surface area contributed by atoms with Crippen molar-refractivity contribution in [3.05, 3.63) is 284 Å². The van der Waals surface area contributed by atoms with Crippen molar-refractivity contribution in [2.24, 2.45) is 0 Å². The highest BCUT2D eigenvalue weighted by atomic mass is 127. The molecule has 6 aromatic heterocycles. The number of halogens is 1. The Morgan fingerprint density at radius 1 is 0.354 bits per heavy atom. The number of hydrogen-bond donors (Lipinski definition) is 0. The number of aromatic nitrogens is 6. The Morgan fingerprint density at radius 3 is 1.41 bits per heavy atom. The Morgan fingerprint density at radius 2 is 0.841 bits per heavy atom. The van der Waals surface area contributed by atoms with Gasteiger partial charge in [-0.05, 0) is 120 Å². The van der Waals surface area contributed by atoms with Gasteiger partial charge in [0.25, 0.3) is 0 Å². The van der Waals surface area contributed by atoms with Crippen LogP contribution < -0.4 is 0 Å². The zero-order valence-electron chi connectivity index (χ0n) is 44.4. The van der Waals surface area contributed by atoms with Crippen molar-refractivity contribution >= 4 is 116 Å². The average molecular weight is 1160 g/mol. The Labute approximate surface area is 482 Å². The van der Waals surface area contributed by atoms with Crippen LogP contribution in [0.3, 0.4) is 0 Å². The first-order valence-corrected chi connectivity index (χ1v) is 30.4. The van der Waals surface area contributed by atoms with Crippen molar-refractivity contribution in [2.45, 2.75) is 12.3 Å². The van der Waals surface area contributed by atoms with E-state index in [0.717, 1.165) is 90.7 Å². The molecule has 0 bridgehead atoms. The van der Waals surface area contributed by atoms with Crippen LogP contribution in [-0.4, -0.2) is 32.2 Å². The molecular weight excluding hydrogens is 1110 g/mol. The Bertz CT molecular complexity index is 5340. The number of allylic oxidation sites excluding steroid dienone is 7. The maximum Gasteiger partial charge on any atom is 0.0766 e. The monoisotopic (exact) mass is 1160 g/mol. The second-order valence-electron chi connectivity index (χ2n) is 21.4. The summed E-state index contributed by atoms with van der Waals surface area (Å²) in [6.45, 7) is 0. The number of hydrogen-bond acceptors (Lipinski definition) is 2. The molecule has 0 N–H and O–H groups in total. The zero-order chi connectivity index (χ0) is 53.8. The fraction of sp³-hybridized carbons (Fsp3) is 0.0267. The molecule has 1 atom stereocenters. The minimum Gasteiger partial charge on any atom is -0.309 e. The van der Waals surface area contributed by atoms with E-state index in [4.69, 9.17) is 9.97 Å². The van der Waals surface area contributed by atoms with Gasteiger partial charge in [0.1, 0.15) is 0 Å². The maximum absolute atomic E-state index is 5.25. The number of benzene rings is 9. The summed E-state index contributed by atoms with van der Waals surface area (Å²) in [6, 6.07) is 84.9. The van der Waals surface area contributed by atoms with Crippen LogP contribution in [-0.2, 0) is 0 Å². The Balaban J connectivity index is 0.852. The van der Waals surface area contributed by atoms with E-state index in [1.165, 1.54) is 63.2 Å². The molecule has 0 saturated heterocycles. The molecule has 17 rings (SSSR count). The fourth-order valence-electron chi connectivity index (χ4n) is 13.3. The summed E-state index contributed by atoms with van der Waals surface area (Å²) in [5, 5.41) is 9.73. The molecule has 1 aliphatic heterocycles. The lowest BCUT2D eigenvalue weighted by Crippen LogP contribution is -2.00. The second kappa shape index (κ2) is 18.8. The number of pyridine rings is 2. The van der Waals surface area contributed by atoms with Gasteiger partial charge in [0.15, 0.2) is 0 Å². The molecule has 9 aromatic carbocycles. The minimum atomic E-state index is -0.218. The van der Waals surface area contributed by atoms with Gasteiger partial charge in [0.2, 0.25) is 0 Å². The maximum atomic E-state index is 5.25. The van der Waals surface area contributed by atoms with Crippen molar-refractivity contribution in [3.8, 4) is 45.3 Å². The predicted molar refractivity (Wildman–Crippen MR) is 353 cm³/mol. The quantitative estimate of drug-likeness (QED) is 0.142. The van der Waals surface area contributed by atoms with Gasteiger partial charge < -0.3 is 18.3 Å². The van der Waals surface area contributed by atoms with E-state index in [2.05, 4.69) is 295 Å². The highest BCUT2D eigenvalue weighted by Crippen LogP contribution is 2.45. The zero-order valence-corrected chi connectivity index (χ0v) is 46.6. The van der Waals surface area contributed by atoms with Gasteiger partial charge in [-0.1, -0.05) is 185 Å². The van der Waals surface area contributed by atoms with Crippen molar-refractivity contribution in [1.82, 2.24) is 28.2 Å². The lowest BCUT2D eigenvalue weighted by molar-refractivity contribution is 0.817. The third kappa shape index (κ3) is 7.29. The van der Waals surface area contributed by atoms with Gasteiger partial charge in [0.05, 0.1) is 61.2 Å². The lowest BCUT2D eigenvalue weighted by Gasteiger charge is -2.14. The molecule has 0 fully saturated rings. The topological polar surface area (TPSA) is 45.5 Å². The summed E-state index contributed by atoms with van der Waals surface area (Å²) in [7, 11) is 0. The first kappa shape index (κ1) is 46.9. The third-order valence-corrected chi connectivity index (χ3v) is 19.2. The van der Waals surface area contributed by atoms with Crippen LogP contribution in [0, 0.1) is 0 Å². The second-order valence-corrected chi connectivity index (χ2v) is 23.9. The van der Waals surface area contributed by atoms with Gasteiger partial charge in [0, 0.05) is 92.2 Å². The lowest BCUT2D eigenvalue weighted by atomic mass is 9.96. The molecule has 7 heterocycles. The summed E-state index contributed by atoms with van der Waals surface area (Å²) >= 11 is -0.218. The molecule has 0 amide bonds. The van der Waals surface area contributed by atoms with Crippen LogP contribution in [0.2, 0.25) is 0 Å². The number of fused-ring (bicyclic) bond motifs is 14. The summed E-state index contributed by atoms with van der Waals surface area (Å²) in [4.78, 5) is 10.5. The Kier molecular flexibility index (Phi) is 10.8. The molecule has 1 unspecified atom stereocenters. The molecule has 1 aliphatic carbocycles. The van der Waals surface area contributed by atoms with Gasteiger partial charge >= 0.3 is 0 Å². The van der Waals surface area contributed by atoms with E-state index in [1.54, 1.807) is 0 Å². The van der Waals surface area contributed by atoms with Crippen molar-refractivity contribution < 1.29 is 0 Å². The van der Waals surface area contributed by atoms with E-state index in [-0.39, 0.29) is 26.6 Å². The van der Waals surface area contributed by atoms with E-state index in [0.29, 0.717) is 0 Å². The Hall–Kier alpha value is -9.96. The summed E-state index contributed by atoms with van der Waals surface area (Å²) in [5.41, 5.74) is 20.0. The highest BCUT2D eigenvalue weighted by molar-refractivity contribution is 14.2. The molecule has 0 saturated carbocycles. The van der Waals surface area contributed by atoms with Crippen LogP contribution in [0.1, 0.15) is 23.7 Å². The van der Waals surface area contributed by atoms with E-state index in [9.17, 15) is 0 Å². The molecule has 0 spiro atoms. The molecular formula is C75H49IN6. The van der Waals surface area contributed by atoms with Crippen LogP contribution in [0.15, 0.2) is 273 Å². The van der Waals surface area contributed by atoms with Crippen LogP contribution in [0.25, 0.3) is 136 Å². The summed E-state index contributed by atoms with van der Waals surface area (Å²) < 4.78 is 13.6. The van der Waals surface area contributed by atoms with Gasteiger partial charge in [-0.15, -0.1) is 0 Å². The van der Waals surface area contributed by atoms with E-state index < -0.39 is 0 Å². The van der Waals surface area contributed by atoms with Crippen molar-refractivity contribution in [3.63, 3.8) is 0 Å². The predicted octanol–water partition coefficient (Wildman–Crippen LogP) is 19.5. The largest absolute Gasteiger partial charge is 0.309 e. The number of nitrogens with zero attached hydrogens (tertiary/aromatic N) is 6. The van der Waals surface area contributed by atoms with Crippen LogP contribution >= 0.6 is 20.7 Å². The fourth-order valence-corrected chi connectivity index (χ4v) is 15.2. The van der Waals surface area contributed by atoms with Crippen LogP contribution in [0.4, 0.5) is 0 Å². The SMILES string of the molecule is C1=CC=C(c2cccc(-c3cccc(-n4c5ccccc5c5ccc6c(c7ccccc7n6-c6cccc(-n7c8ccccc8c8ccc9c(c%10ccccc%10n9-c9cccc(-c%10cccc(C%11C=CC=CC%11)n%10)c9)c87)c6)c54)c3)n2)I=C1. The minimum absolute atomic E-state index is 0.218. The van der Waals surface area contributed by atoms with E-state index >= 15 is 0 Å². The molecule has 2 aliphatic rings. The molecule has 82 heavy (non-hydrogen) atoms. The third-order valence-electron chi connectivity index (χ3n) is 16.8. The molecule has 15 aromatic rings. The van der Waals surface area contributed by atoms with Crippen molar-refractivity contribution in [2.75, 3.05) is 0 Å². The van der Waals surface area contributed by atoms with E-state index in [1.807, 2.05) is 0 Å². The number of para-hydroxylation sites is 4. The van der Waals surface area contributed by atoms with Crippen molar-refractivity contribution in [1.29, 1.82) is 0 Å².